The summed E-state index contributed by atoms with van der Waals surface area (Å²) in [6.07, 6.45) is 6.28. The lowest BCUT2D eigenvalue weighted by Crippen LogP contribution is -2.28. The molecule has 1 atom stereocenters. The normalized spacial score (nSPS) is 17.6. The molecule has 4 rings (SSSR count). The molecule has 0 radical (unpaired) electrons. The Balaban J connectivity index is 1.24. The van der Waals surface area contributed by atoms with E-state index >= 15 is 0 Å². The molecule has 0 saturated heterocycles. The molecular weight excluding hydrogens is 408 g/mol. The maximum atomic E-state index is 12.4. The molecular formula is C20H26N4O3S2. The second kappa shape index (κ2) is 9.67. The van der Waals surface area contributed by atoms with Crippen molar-refractivity contribution in [2.45, 2.75) is 55.5 Å². The molecule has 2 aliphatic rings. The Morgan fingerprint density at radius 2 is 2.00 bits per heavy atom. The molecule has 1 aromatic heterocycles. The predicted molar refractivity (Wildman–Crippen MR) is 115 cm³/mol. The van der Waals surface area contributed by atoms with Crippen molar-refractivity contribution in [2.75, 3.05) is 24.3 Å². The van der Waals surface area contributed by atoms with E-state index in [-0.39, 0.29) is 11.9 Å². The molecule has 2 aromatic rings. The van der Waals surface area contributed by atoms with Crippen LogP contribution in [0.5, 0.6) is 11.5 Å². The zero-order valence-electron chi connectivity index (χ0n) is 16.5. The van der Waals surface area contributed by atoms with Gasteiger partial charge < -0.3 is 20.1 Å². The van der Waals surface area contributed by atoms with E-state index < -0.39 is 0 Å². The first kappa shape index (κ1) is 20.3. The van der Waals surface area contributed by atoms with E-state index in [2.05, 4.69) is 20.8 Å². The molecule has 2 N–H and O–H groups in total. The number of aromatic nitrogens is 2. The first-order valence-electron chi connectivity index (χ1n) is 10.1. The maximum absolute atomic E-state index is 12.4. The van der Waals surface area contributed by atoms with Crippen LogP contribution in [0.4, 0.5) is 5.13 Å². The van der Waals surface area contributed by atoms with Crippen LogP contribution < -0.4 is 20.1 Å². The number of carbonyl (C=O) groups is 1. The lowest BCUT2D eigenvalue weighted by Gasteiger charge is -2.21. The van der Waals surface area contributed by atoms with Gasteiger partial charge >= 0.3 is 0 Å². The highest BCUT2D eigenvalue weighted by Crippen LogP contribution is 2.33. The summed E-state index contributed by atoms with van der Waals surface area (Å²) in [7, 11) is 0. The molecule has 1 amide bonds. The largest absolute Gasteiger partial charge is 0.486 e. The minimum absolute atomic E-state index is 0.0330. The molecule has 156 valence electrons. The highest BCUT2D eigenvalue weighted by Gasteiger charge is 2.18. The molecule has 1 aliphatic heterocycles. The average molecular weight is 435 g/mol. The van der Waals surface area contributed by atoms with Crippen molar-refractivity contribution in [3.8, 4) is 11.5 Å². The average Bonchev–Trinajstić information content (AvgIpc) is 3.20. The number of ether oxygens (including phenoxy) is 2. The third-order valence-corrected chi connectivity index (χ3v) is 7.10. The van der Waals surface area contributed by atoms with Gasteiger partial charge in [-0.2, -0.15) is 0 Å². The van der Waals surface area contributed by atoms with E-state index in [1.54, 1.807) is 0 Å². The standard InChI is InChI=1S/C20H26N4O3S2/c1-13(14-7-8-16-17(11-14)27-10-9-26-16)21-18(25)12-28-20-24-23-19(29-20)22-15-5-3-2-4-6-15/h7-8,11,13,15H,2-6,9-10,12H2,1H3,(H,21,25)(H,22,23). The first-order chi connectivity index (χ1) is 14.2. The number of anilines is 1. The van der Waals surface area contributed by atoms with E-state index in [0.717, 1.165) is 26.5 Å². The van der Waals surface area contributed by atoms with Gasteiger partial charge in [0.05, 0.1) is 11.8 Å². The van der Waals surface area contributed by atoms with Gasteiger partial charge in [0.2, 0.25) is 11.0 Å². The van der Waals surface area contributed by atoms with Crippen molar-refractivity contribution in [1.82, 2.24) is 15.5 Å². The van der Waals surface area contributed by atoms with Gasteiger partial charge in [-0.15, -0.1) is 10.2 Å². The molecule has 1 fully saturated rings. The predicted octanol–water partition coefficient (Wildman–Crippen LogP) is 4.02. The van der Waals surface area contributed by atoms with Crippen LogP contribution in [0.2, 0.25) is 0 Å². The lowest BCUT2D eigenvalue weighted by molar-refractivity contribution is -0.119. The molecule has 1 aromatic carbocycles. The molecule has 1 unspecified atom stereocenters. The summed E-state index contributed by atoms with van der Waals surface area (Å²) >= 11 is 2.94. The molecule has 1 aliphatic carbocycles. The second-order valence-electron chi connectivity index (χ2n) is 7.33. The Morgan fingerprint density at radius 1 is 1.21 bits per heavy atom. The zero-order valence-corrected chi connectivity index (χ0v) is 18.1. The van der Waals surface area contributed by atoms with Gasteiger partial charge in [0.25, 0.3) is 0 Å². The van der Waals surface area contributed by atoms with Gasteiger partial charge in [0, 0.05) is 6.04 Å². The van der Waals surface area contributed by atoms with Gasteiger partial charge in [-0.1, -0.05) is 48.4 Å². The summed E-state index contributed by atoms with van der Waals surface area (Å²) in [5, 5.41) is 15.8. The zero-order chi connectivity index (χ0) is 20.1. The monoisotopic (exact) mass is 434 g/mol. The van der Waals surface area contributed by atoms with Crippen molar-refractivity contribution in [2.24, 2.45) is 0 Å². The minimum Gasteiger partial charge on any atom is -0.486 e. The van der Waals surface area contributed by atoms with E-state index in [1.165, 1.54) is 55.2 Å². The van der Waals surface area contributed by atoms with Gasteiger partial charge in [-0.3, -0.25) is 4.79 Å². The Hall–Kier alpha value is -2.00. The van der Waals surface area contributed by atoms with Crippen LogP contribution >= 0.6 is 23.1 Å². The SMILES string of the molecule is CC(NC(=O)CSc1nnc(NC2CCCCC2)s1)c1ccc2c(c1)OCCO2. The number of benzene rings is 1. The fraction of sp³-hybridized carbons (Fsp3) is 0.550. The molecule has 2 heterocycles. The van der Waals surface area contributed by atoms with Crippen molar-refractivity contribution in [1.29, 1.82) is 0 Å². The van der Waals surface area contributed by atoms with Crippen molar-refractivity contribution in [3.05, 3.63) is 23.8 Å². The molecule has 1 saturated carbocycles. The number of rotatable bonds is 7. The summed E-state index contributed by atoms with van der Waals surface area (Å²) in [5.74, 6) is 1.76. The van der Waals surface area contributed by atoms with Crippen LogP contribution in [0.3, 0.4) is 0 Å². The first-order valence-corrected chi connectivity index (χ1v) is 11.9. The Morgan fingerprint density at radius 3 is 2.83 bits per heavy atom. The fourth-order valence-corrected chi connectivity index (χ4v) is 5.21. The number of nitrogens with zero attached hydrogens (tertiary/aromatic N) is 2. The number of fused-ring (bicyclic) bond motifs is 1. The van der Waals surface area contributed by atoms with E-state index in [1.807, 2.05) is 25.1 Å². The fourth-order valence-electron chi connectivity index (χ4n) is 3.57. The van der Waals surface area contributed by atoms with Crippen LogP contribution in [0.25, 0.3) is 0 Å². The van der Waals surface area contributed by atoms with Crippen LogP contribution in [-0.4, -0.2) is 41.1 Å². The Kier molecular flexibility index (Phi) is 6.76. The number of hydrogen-bond acceptors (Lipinski definition) is 8. The topological polar surface area (TPSA) is 85.4 Å². The van der Waals surface area contributed by atoms with Gasteiger partial charge in [-0.05, 0) is 37.5 Å². The van der Waals surface area contributed by atoms with Crippen molar-refractivity contribution < 1.29 is 14.3 Å². The Bertz CT molecular complexity index is 839. The van der Waals surface area contributed by atoms with Gasteiger partial charge in [-0.25, -0.2) is 0 Å². The van der Waals surface area contributed by atoms with Crippen LogP contribution in [0, 0.1) is 0 Å². The highest BCUT2D eigenvalue weighted by atomic mass is 32.2. The van der Waals surface area contributed by atoms with Gasteiger partial charge in [0.15, 0.2) is 15.8 Å². The number of hydrogen-bond donors (Lipinski definition) is 2. The van der Waals surface area contributed by atoms with Crippen molar-refractivity contribution in [3.63, 3.8) is 0 Å². The van der Waals surface area contributed by atoms with Crippen LogP contribution in [-0.2, 0) is 4.79 Å². The Labute approximate surface area is 179 Å². The summed E-state index contributed by atoms with van der Waals surface area (Å²) < 4.78 is 12.0. The van der Waals surface area contributed by atoms with E-state index in [9.17, 15) is 4.79 Å². The number of carbonyl (C=O) groups excluding carboxylic acids is 1. The third-order valence-electron chi connectivity index (χ3n) is 5.11. The highest BCUT2D eigenvalue weighted by molar-refractivity contribution is 8.01. The van der Waals surface area contributed by atoms with Crippen molar-refractivity contribution >= 4 is 34.1 Å². The van der Waals surface area contributed by atoms with Gasteiger partial charge in [0.1, 0.15) is 13.2 Å². The second-order valence-corrected chi connectivity index (χ2v) is 9.53. The quantitative estimate of drug-likeness (QED) is 0.637. The molecule has 29 heavy (non-hydrogen) atoms. The minimum atomic E-state index is -0.114. The number of thioether (sulfide) groups is 1. The summed E-state index contributed by atoms with van der Waals surface area (Å²) in [4.78, 5) is 12.4. The van der Waals surface area contributed by atoms with Crippen LogP contribution in [0.1, 0.15) is 50.6 Å². The summed E-state index contributed by atoms with van der Waals surface area (Å²) in [5.41, 5.74) is 0.988. The number of nitrogens with one attached hydrogen (secondary N) is 2. The molecule has 0 spiro atoms. The molecule has 7 nitrogen and oxygen atoms in total. The van der Waals surface area contributed by atoms with E-state index in [4.69, 9.17) is 9.47 Å². The number of amides is 1. The smallest absolute Gasteiger partial charge is 0.230 e. The summed E-state index contributed by atoms with van der Waals surface area (Å²) in [6.45, 7) is 3.08. The maximum Gasteiger partial charge on any atom is 0.230 e. The lowest BCUT2D eigenvalue weighted by atomic mass is 9.96. The molecule has 9 heteroatoms. The summed E-state index contributed by atoms with van der Waals surface area (Å²) in [6, 6.07) is 6.17. The third kappa shape index (κ3) is 5.54. The van der Waals surface area contributed by atoms with Crippen LogP contribution in [0.15, 0.2) is 22.5 Å². The molecule has 0 bridgehead atoms. The van der Waals surface area contributed by atoms with E-state index in [0.29, 0.717) is 25.0 Å².